The van der Waals surface area contributed by atoms with Gasteiger partial charge >= 0.3 is 12.6 Å². The first-order chi connectivity index (χ1) is 17.0. The molecule has 9 heteroatoms. The Morgan fingerprint density at radius 1 is 1.00 bits per heavy atom. The van der Waals surface area contributed by atoms with Crippen molar-refractivity contribution in [2.45, 2.75) is 6.61 Å². The molecule has 0 radical (unpaired) electrons. The molecular weight excluding hydrogens is 456 g/mol. The normalized spacial score (nSPS) is 11.1. The maximum Gasteiger partial charge on any atom is 0.387 e. The Hall–Kier alpha value is -4.66. The van der Waals surface area contributed by atoms with Crippen molar-refractivity contribution in [1.29, 1.82) is 0 Å². The fraction of sp³-hybridized carbons (Fsp3) is 0.0769. The molecule has 2 aromatic heterocycles. The van der Waals surface area contributed by atoms with Gasteiger partial charge in [-0.3, -0.25) is 9.78 Å². The van der Waals surface area contributed by atoms with Crippen molar-refractivity contribution in [3.8, 4) is 22.7 Å². The minimum atomic E-state index is -2.96. The van der Waals surface area contributed by atoms with Gasteiger partial charge in [0.05, 0.1) is 5.69 Å². The number of Topliss-reactive ketones (excluding diaryl/α,β-unsaturated/α-hetero) is 1. The Morgan fingerprint density at radius 2 is 1.77 bits per heavy atom. The van der Waals surface area contributed by atoms with Gasteiger partial charge in [-0.1, -0.05) is 18.2 Å². The van der Waals surface area contributed by atoms with Crippen LogP contribution in [0.5, 0.6) is 5.75 Å². The van der Waals surface area contributed by atoms with Crippen LogP contribution in [0.3, 0.4) is 0 Å². The van der Waals surface area contributed by atoms with E-state index in [-0.39, 0.29) is 11.3 Å². The first-order valence-corrected chi connectivity index (χ1v) is 10.5. The van der Waals surface area contributed by atoms with Crippen molar-refractivity contribution in [3.63, 3.8) is 0 Å². The van der Waals surface area contributed by atoms with Crippen LogP contribution in [0.1, 0.15) is 15.9 Å². The molecule has 0 unspecified atom stereocenters. The molecule has 0 aliphatic rings. The van der Waals surface area contributed by atoms with Crippen LogP contribution in [-0.2, 0) is 9.53 Å². The Bertz CT molecular complexity index is 1320. The standard InChI is InChI=1S/C26H19F2N3O4/c27-26(28)35-22-11-8-18(9-12-22)23(32)17-34-24(33)13-10-20-16-31(21-6-2-1-3-7-21)30-25(20)19-5-4-14-29-15-19/h1-16,26H,17H2. The van der Waals surface area contributed by atoms with Gasteiger partial charge in [0, 0.05) is 41.4 Å². The van der Waals surface area contributed by atoms with E-state index in [1.807, 2.05) is 36.4 Å². The van der Waals surface area contributed by atoms with Crippen molar-refractivity contribution in [1.82, 2.24) is 14.8 Å². The number of ketones is 1. The average molecular weight is 475 g/mol. The number of rotatable bonds is 9. The maximum atomic E-state index is 12.2. The number of benzene rings is 2. The number of nitrogens with zero attached hydrogens (tertiary/aromatic N) is 3. The van der Waals surface area contributed by atoms with Crippen molar-refractivity contribution in [2.75, 3.05) is 6.61 Å². The van der Waals surface area contributed by atoms with Crippen LogP contribution in [0, 0.1) is 0 Å². The van der Waals surface area contributed by atoms with E-state index in [4.69, 9.17) is 4.74 Å². The third-order valence-electron chi connectivity index (χ3n) is 4.84. The highest BCUT2D eigenvalue weighted by Crippen LogP contribution is 2.24. The molecule has 7 nitrogen and oxygen atoms in total. The second-order valence-corrected chi connectivity index (χ2v) is 7.22. The quantitative estimate of drug-likeness (QED) is 0.193. The lowest BCUT2D eigenvalue weighted by Crippen LogP contribution is -2.12. The van der Waals surface area contributed by atoms with E-state index < -0.39 is 25.0 Å². The van der Waals surface area contributed by atoms with Crippen molar-refractivity contribution < 1.29 is 27.8 Å². The molecule has 4 rings (SSSR count). The summed E-state index contributed by atoms with van der Waals surface area (Å²) in [4.78, 5) is 28.6. The third-order valence-corrected chi connectivity index (χ3v) is 4.84. The fourth-order valence-corrected chi connectivity index (χ4v) is 3.20. The number of para-hydroxylation sites is 1. The summed E-state index contributed by atoms with van der Waals surface area (Å²) in [6.07, 6.45) is 7.86. The van der Waals surface area contributed by atoms with Crippen molar-refractivity contribution >= 4 is 17.8 Å². The Morgan fingerprint density at radius 3 is 2.46 bits per heavy atom. The second-order valence-electron chi connectivity index (χ2n) is 7.22. The van der Waals surface area contributed by atoms with E-state index in [1.54, 1.807) is 35.4 Å². The molecule has 0 aliphatic carbocycles. The second kappa shape index (κ2) is 11.0. The van der Waals surface area contributed by atoms with Gasteiger partial charge in [0.15, 0.2) is 12.4 Å². The van der Waals surface area contributed by atoms with Crippen LogP contribution in [0.25, 0.3) is 23.0 Å². The van der Waals surface area contributed by atoms with E-state index in [0.29, 0.717) is 11.3 Å². The minimum Gasteiger partial charge on any atom is -0.454 e. The highest BCUT2D eigenvalue weighted by molar-refractivity contribution is 5.99. The number of aromatic nitrogens is 3. The number of carbonyl (C=O) groups is 2. The molecule has 0 bridgehead atoms. The van der Waals surface area contributed by atoms with Crippen LogP contribution < -0.4 is 4.74 Å². The van der Waals surface area contributed by atoms with Gasteiger partial charge in [-0.25, -0.2) is 9.48 Å². The van der Waals surface area contributed by atoms with Gasteiger partial charge < -0.3 is 9.47 Å². The number of halogens is 2. The zero-order chi connectivity index (χ0) is 24.6. The molecule has 2 heterocycles. The van der Waals surface area contributed by atoms with Crippen LogP contribution in [0.4, 0.5) is 8.78 Å². The highest BCUT2D eigenvalue weighted by Gasteiger charge is 2.13. The number of pyridine rings is 1. The zero-order valence-corrected chi connectivity index (χ0v) is 18.3. The summed E-state index contributed by atoms with van der Waals surface area (Å²) in [5.74, 6) is -1.28. The predicted octanol–water partition coefficient (Wildman–Crippen LogP) is 4.98. The third kappa shape index (κ3) is 6.23. The summed E-state index contributed by atoms with van der Waals surface area (Å²) in [6.45, 7) is -3.46. The number of esters is 1. The minimum absolute atomic E-state index is 0.0723. The molecule has 0 amide bonds. The molecule has 176 valence electrons. The lowest BCUT2D eigenvalue weighted by atomic mass is 10.1. The van der Waals surface area contributed by atoms with E-state index >= 15 is 0 Å². The summed E-state index contributed by atoms with van der Waals surface area (Å²) in [5, 5.41) is 4.63. The lowest BCUT2D eigenvalue weighted by Gasteiger charge is -2.05. The Labute approximate surface area is 199 Å². The van der Waals surface area contributed by atoms with Gasteiger partial charge in [-0.05, 0) is 54.6 Å². The lowest BCUT2D eigenvalue weighted by molar-refractivity contribution is -0.136. The predicted molar refractivity (Wildman–Crippen MR) is 124 cm³/mol. The maximum absolute atomic E-state index is 12.2. The Balaban J connectivity index is 1.44. The molecule has 0 N–H and O–H groups in total. The summed E-state index contributed by atoms with van der Waals surface area (Å²) in [6, 6.07) is 18.3. The molecule has 4 aromatic rings. The van der Waals surface area contributed by atoms with Gasteiger partial charge in [0.2, 0.25) is 0 Å². The van der Waals surface area contributed by atoms with Gasteiger partial charge in [0.25, 0.3) is 0 Å². The van der Waals surface area contributed by atoms with Crippen LogP contribution in [-0.4, -0.2) is 39.7 Å². The largest absolute Gasteiger partial charge is 0.454 e. The number of alkyl halides is 2. The zero-order valence-electron chi connectivity index (χ0n) is 18.3. The number of ether oxygens (including phenoxy) is 2. The number of hydrogen-bond donors (Lipinski definition) is 0. The Kier molecular flexibility index (Phi) is 7.37. The molecule has 0 saturated carbocycles. The molecule has 0 saturated heterocycles. The van der Waals surface area contributed by atoms with Crippen LogP contribution >= 0.6 is 0 Å². The van der Waals surface area contributed by atoms with Crippen molar-refractivity contribution in [2.24, 2.45) is 0 Å². The summed E-state index contributed by atoms with van der Waals surface area (Å²) in [5.41, 5.74) is 3.08. The SMILES string of the molecule is O=C(C=Cc1cn(-c2ccccc2)nc1-c1cccnc1)OCC(=O)c1ccc(OC(F)F)cc1. The average Bonchev–Trinajstić information content (AvgIpc) is 3.31. The van der Waals surface area contributed by atoms with Gasteiger partial charge in [-0.15, -0.1) is 0 Å². The van der Waals surface area contributed by atoms with Gasteiger partial charge in [0.1, 0.15) is 11.4 Å². The molecule has 0 atom stereocenters. The van der Waals surface area contributed by atoms with Crippen molar-refractivity contribution in [3.05, 3.63) is 103 Å². The number of hydrogen-bond acceptors (Lipinski definition) is 6. The smallest absolute Gasteiger partial charge is 0.387 e. The summed E-state index contributed by atoms with van der Waals surface area (Å²) in [7, 11) is 0. The molecule has 0 spiro atoms. The molecule has 2 aromatic carbocycles. The molecular formula is C26H19F2N3O4. The van der Waals surface area contributed by atoms with E-state index in [1.165, 1.54) is 30.3 Å². The highest BCUT2D eigenvalue weighted by atomic mass is 19.3. The summed E-state index contributed by atoms with van der Waals surface area (Å²) >= 11 is 0. The van der Waals surface area contributed by atoms with E-state index in [2.05, 4.69) is 14.8 Å². The van der Waals surface area contributed by atoms with E-state index in [0.717, 1.165) is 11.3 Å². The first kappa shape index (κ1) is 23.5. The monoisotopic (exact) mass is 475 g/mol. The first-order valence-electron chi connectivity index (χ1n) is 10.5. The fourth-order valence-electron chi connectivity index (χ4n) is 3.20. The molecule has 0 fully saturated rings. The van der Waals surface area contributed by atoms with E-state index in [9.17, 15) is 18.4 Å². The summed E-state index contributed by atoms with van der Waals surface area (Å²) < 4.78 is 35.4. The molecule has 35 heavy (non-hydrogen) atoms. The number of carbonyl (C=O) groups excluding carboxylic acids is 2. The van der Waals surface area contributed by atoms with Crippen LogP contribution in [0.15, 0.2) is 91.4 Å². The van der Waals surface area contributed by atoms with Gasteiger partial charge in [-0.2, -0.15) is 13.9 Å². The topological polar surface area (TPSA) is 83.3 Å². The van der Waals surface area contributed by atoms with Crippen LogP contribution in [0.2, 0.25) is 0 Å². The molecule has 0 aliphatic heterocycles.